The van der Waals surface area contributed by atoms with Gasteiger partial charge in [0.2, 0.25) is 5.91 Å². The lowest BCUT2D eigenvalue weighted by molar-refractivity contribution is -0.121. The minimum Gasteiger partial charge on any atom is -0.379 e. The number of carbonyl (C=O) groups is 1. The molecule has 0 fully saturated rings. The predicted molar refractivity (Wildman–Crippen MR) is 117 cm³/mol. The van der Waals surface area contributed by atoms with Gasteiger partial charge in [0.1, 0.15) is 4.70 Å². The van der Waals surface area contributed by atoms with Gasteiger partial charge in [-0.1, -0.05) is 18.2 Å². The van der Waals surface area contributed by atoms with E-state index in [0.717, 1.165) is 22.0 Å². The molecule has 0 atom stereocenters. The van der Waals surface area contributed by atoms with Crippen molar-refractivity contribution >= 4 is 49.8 Å². The smallest absolute Gasteiger partial charge is 0.272 e. The Morgan fingerprint density at radius 2 is 2.11 bits per heavy atom. The van der Waals surface area contributed by atoms with Crippen molar-refractivity contribution in [3.8, 4) is 0 Å². The van der Waals surface area contributed by atoms with Crippen molar-refractivity contribution in [2.24, 2.45) is 0 Å². The van der Waals surface area contributed by atoms with Crippen molar-refractivity contribution < 1.29 is 9.53 Å². The Hall–Kier alpha value is -2.03. The molecule has 0 spiro atoms. The standard InChI is InChI=1S/C20H25N3O3S2/c1-13(2)26-12-6-10-21-16(24)9-5-11-23-19(25)18-17(22-20(23)27)14-7-3-4-8-15(14)28-18/h3-4,7-8,13H,5-6,9-12H2,1-2H3,(H,21,24)(H,22,27). The highest BCUT2D eigenvalue weighted by molar-refractivity contribution is 7.71. The van der Waals surface area contributed by atoms with Gasteiger partial charge in [0.25, 0.3) is 5.56 Å². The summed E-state index contributed by atoms with van der Waals surface area (Å²) in [6, 6.07) is 7.89. The second-order valence-electron chi connectivity index (χ2n) is 6.92. The summed E-state index contributed by atoms with van der Waals surface area (Å²) >= 11 is 6.86. The van der Waals surface area contributed by atoms with E-state index in [1.54, 1.807) is 4.57 Å². The van der Waals surface area contributed by atoms with Crippen molar-refractivity contribution in [2.75, 3.05) is 13.2 Å². The van der Waals surface area contributed by atoms with Crippen LogP contribution in [0, 0.1) is 4.77 Å². The number of rotatable bonds is 9. The highest BCUT2D eigenvalue weighted by Crippen LogP contribution is 2.29. The van der Waals surface area contributed by atoms with Crippen molar-refractivity contribution in [1.29, 1.82) is 0 Å². The molecule has 2 aromatic heterocycles. The summed E-state index contributed by atoms with van der Waals surface area (Å²) in [5.74, 6) is -0.0181. The molecule has 8 heteroatoms. The van der Waals surface area contributed by atoms with Crippen molar-refractivity contribution in [3.05, 3.63) is 39.4 Å². The molecule has 0 radical (unpaired) electrons. The molecule has 0 saturated carbocycles. The van der Waals surface area contributed by atoms with Crippen LogP contribution in [0.15, 0.2) is 29.1 Å². The molecule has 0 unspecified atom stereocenters. The fraction of sp³-hybridized carbons (Fsp3) is 0.450. The zero-order chi connectivity index (χ0) is 20.1. The molecule has 2 heterocycles. The minimum atomic E-state index is -0.0915. The van der Waals surface area contributed by atoms with Crippen LogP contribution in [0.3, 0.4) is 0 Å². The van der Waals surface area contributed by atoms with Crippen molar-refractivity contribution in [3.63, 3.8) is 0 Å². The molecular formula is C20H25N3O3S2. The first-order valence-electron chi connectivity index (χ1n) is 9.50. The Bertz CT molecular complexity index is 1080. The number of carbonyl (C=O) groups excluding carboxylic acids is 1. The quantitative estimate of drug-likeness (QED) is 0.406. The lowest BCUT2D eigenvalue weighted by Gasteiger charge is -2.09. The normalized spacial score (nSPS) is 11.5. The third-order valence-electron chi connectivity index (χ3n) is 4.39. The molecule has 1 aromatic carbocycles. The highest BCUT2D eigenvalue weighted by atomic mass is 32.1. The number of aromatic amines is 1. The summed E-state index contributed by atoms with van der Waals surface area (Å²) in [5, 5.41) is 3.89. The van der Waals surface area contributed by atoms with E-state index >= 15 is 0 Å². The molecular weight excluding hydrogens is 394 g/mol. The molecule has 3 aromatic rings. The summed E-state index contributed by atoms with van der Waals surface area (Å²) in [5.41, 5.74) is 0.708. The van der Waals surface area contributed by atoms with Crippen LogP contribution in [0.2, 0.25) is 0 Å². The molecule has 0 saturated heterocycles. The van der Waals surface area contributed by atoms with E-state index in [1.165, 1.54) is 11.3 Å². The monoisotopic (exact) mass is 419 g/mol. The molecule has 0 aliphatic rings. The van der Waals surface area contributed by atoms with Crippen molar-refractivity contribution in [1.82, 2.24) is 14.9 Å². The molecule has 1 amide bonds. The molecule has 0 aliphatic carbocycles. The van der Waals surface area contributed by atoms with Gasteiger partial charge in [-0.3, -0.25) is 14.2 Å². The Balaban J connectivity index is 1.59. The first-order chi connectivity index (χ1) is 13.5. The van der Waals surface area contributed by atoms with Crippen LogP contribution < -0.4 is 10.9 Å². The zero-order valence-electron chi connectivity index (χ0n) is 16.1. The maximum absolute atomic E-state index is 12.9. The number of amides is 1. The number of H-pyrrole nitrogens is 1. The van der Waals surface area contributed by atoms with Gasteiger partial charge in [-0.15, -0.1) is 11.3 Å². The Labute approximate surface area is 172 Å². The average Bonchev–Trinajstić information content (AvgIpc) is 3.03. The van der Waals surface area contributed by atoms with Gasteiger partial charge in [0.15, 0.2) is 4.77 Å². The summed E-state index contributed by atoms with van der Waals surface area (Å²) < 4.78 is 9.12. The predicted octanol–water partition coefficient (Wildman–Crippen LogP) is 3.99. The van der Waals surface area contributed by atoms with Crippen molar-refractivity contribution in [2.45, 2.75) is 45.8 Å². The zero-order valence-corrected chi connectivity index (χ0v) is 17.8. The topological polar surface area (TPSA) is 76.1 Å². The first-order valence-corrected chi connectivity index (χ1v) is 10.7. The van der Waals surface area contributed by atoms with Gasteiger partial charge >= 0.3 is 0 Å². The number of aromatic nitrogens is 2. The number of hydrogen-bond acceptors (Lipinski definition) is 5. The molecule has 0 aliphatic heterocycles. The van der Waals surface area contributed by atoms with Gasteiger partial charge in [-0.25, -0.2) is 0 Å². The van der Waals surface area contributed by atoms with Gasteiger partial charge in [-0.2, -0.15) is 0 Å². The van der Waals surface area contributed by atoms with Crippen LogP contribution in [0.1, 0.15) is 33.1 Å². The number of benzene rings is 1. The largest absolute Gasteiger partial charge is 0.379 e. The number of ether oxygens (including phenoxy) is 1. The Morgan fingerprint density at radius 3 is 2.89 bits per heavy atom. The molecule has 6 nitrogen and oxygen atoms in total. The SMILES string of the molecule is CC(C)OCCCNC(=O)CCCn1c(=S)[nH]c2c(sc3ccccc32)c1=O. The third kappa shape index (κ3) is 4.87. The summed E-state index contributed by atoms with van der Waals surface area (Å²) in [4.78, 5) is 28.0. The Kier molecular flexibility index (Phi) is 6.98. The number of nitrogens with one attached hydrogen (secondary N) is 2. The van der Waals surface area contributed by atoms with E-state index < -0.39 is 0 Å². The van der Waals surface area contributed by atoms with E-state index in [9.17, 15) is 9.59 Å². The van der Waals surface area contributed by atoms with Crippen LogP contribution in [-0.2, 0) is 16.1 Å². The average molecular weight is 420 g/mol. The molecule has 28 heavy (non-hydrogen) atoms. The van der Waals surface area contributed by atoms with E-state index in [1.807, 2.05) is 38.1 Å². The summed E-state index contributed by atoms with van der Waals surface area (Å²) in [6.07, 6.45) is 1.91. The maximum Gasteiger partial charge on any atom is 0.272 e. The van der Waals surface area contributed by atoms with Crippen LogP contribution in [0.5, 0.6) is 0 Å². The van der Waals surface area contributed by atoms with Gasteiger partial charge in [-0.05, 0) is 45.0 Å². The summed E-state index contributed by atoms with van der Waals surface area (Å²) in [6.45, 7) is 5.63. The minimum absolute atomic E-state index is 0.0181. The van der Waals surface area contributed by atoms with Gasteiger partial charge in [0, 0.05) is 36.2 Å². The molecule has 2 N–H and O–H groups in total. The van der Waals surface area contributed by atoms with Gasteiger partial charge in [0.05, 0.1) is 11.6 Å². The molecule has 0 bridgehead atoms. The molecule has 150 valence electrons. The fourth-order valence-corrected chi connectivity index (χ4v) is 4.40. The highest BCUT2D eigenvalue weighted by Gasteiger charge is 2.12. The number of thiophene rings is 1. The van der Waals surface area contributed by atoms with E-state index in [2.05, 4.69) is 10.3 Å². The van der Waals surface area contributed by atoms with Crippen LogP contribution in [-0.4, -0.2) is 34.7 Å². The van der Waals surface area contributed by atoms with Crippen LogP contribution in [0.25, 0.3) is 20.3 Å². The Morgan fingerprint density at radius 1 is 1.32 bits per heavy atom. The second-order valence-corrected chi connectivity index (χ2v) is 8.35. The van der Waals surface area contributed by atoms with E-state index in [0.29, 0.717) is 42.0 Å². The lowest BCUT2D eigenvalue weighted by Crippen LogP contribution is -2.26. The van der Waals surface area contributed by atoms with Crippen LogP contribution >= 0.6 is 23.6 Å². The lowest BCUT2D eigenvalue weighted by atomic mass is 10.2. The van der Waals surface area contributed by atoms with E-state index in [4.69, 9.17) is 17.0 Å². The first kappa shape index (κ1) is 20.7. The number of hydrogen-bond donors (Lipinski definition) is 2. The van der Waals surface area contributed by atoms with Gasteiger partial charge < -0.3 is 15.0 Å². The fourth-order valence-electron chi connectivity index (χ4n) is 3.02. The molecule has 3 rings (SSSR count). The number of nitrogens with zero attached hydrogens (tertiary/aromatic N) is 1. The summed E-state index contributed by atoms with van der Waals surface area (Å²) in [7, 11) is 0. The van der Waals surface area contributed by atoms with E-state index in [-0.39, 0.29) is 17.6 Å². The number of fused-ring (bicyclic) bond motifs is 3. The van der Waals surface area contributed by atoms with Crippen LogP contribution in [0.4, 0.5) is 0 Å². The second kappa shape index (κ2) is 9.45. The maximum atomic E-state index is 12.9. The third-order valence-corrected chi connectivity index (χ3v) is 5.87.